The molecule has 2 rings (SSSR count). The molecular formula is C9H8F3N5O. The third kappa shape index (κ3) is 2.11. The number of carbonyl (C=O) groups excluding carboxylic acids is 1. The van der Waals surface area contributed by atoms with Crippen LogP contribution in [0.4, 0.5) is 13.2 Å². The van der Waals surface area contributed by atoms with Gasteiger partial charge in [-0.25, -0.2) is 0 Å². The number of Topliss-reactive ketones (excluding diaryl/α,β-unsaturated/α-hetero) is 1. The zero-order valence-electron chi connectivity index (χ0n) is 9.43. The molecule has 2 aromatic heterocycles. The van der Waals surface area contributed by atoms with Crippen LogP contribution in [0.2, 0.25) is 0 Å². The van der Waals surface area contributed by atoms with Crippen LogP contribution in [0.1, 0.15) is 16.2 Å². The van der Waals surface area contributed by atoms with E-state index >= 15 is 0 Å². The van der Waals surface area contributed by atoms with Crippen molar-refractivity contribution in [1.82, 2.24) is 24.8 Å². The standard InChI is InChI=1S/C9H8F3N5O/c1-5-3-7(14-16(5)2)17-4-6(13-15-17)8(18)9(10,11)12/h3-4H,1-2H3. The maximum atomic E-state index is 12.2. The molecule has 96 valence electrons. The highest BCUT2D eigenvalue weighted by molar-refractivity contribution is 5.98. The molecule has 0 aromatic carbocycles. The molecule has 0 aliphatic rings. The van der Waals surface area contributed by atoms with Crippen molar-refractivity contribution in [3.8, 4) is 5.82 Å². The molecule has 0 aliphatic heterocycles. The minimum Gasteiger partial charge on any atom is -0.282 e. The molecule has 0 N–H and O–H groups in total. The van der Waals surface area contributed by atoms with Crippen LogP contribution in [0.15, 0.2) is 12.3 Å². The number of aryl methyl sites for hydroxylation is 2. The monoisotopic (exact) mass is 259 g/mol. The van der Waals surface area contributed by atoms with E-state index in [1.54, 1.807) is 20.0 Å². The predicted molar refractivity (Wildman–Crippen MR) is 53.2 cm³/mol. The van der Waals surface area contributed by atoms with Crippen LogP contribution in [0.25, 0.3) is 5.82 Å². The number of carbonyl (C=O) groups is 1. The first-order valence-electron chi connectivity index (χ1n) is 4.84. The number of halogens is 3. The summed E-state index contributed by atoms with van der Waals surface area (Å²) in [5.74, 6) is -1.73. The SMILES string of the molecule is Cc1cc(-n2cc(C(=O)C(F)(F)F)nn2)nn1C. The van der Waals surface area contributed by atoms with Gasteiger partial charge in [0.05, 0.1) is 6.20 Å². The van der Waals surface area contributed by atoms with Crippen LogP contribution >= 0.6 is 0 Å². The summed E-state index contributed by atoms with van der Waals surface area (Å²) in [6.45, 7) is 1.77. The van der Waals surface area contributed by atoms with E-state index in [0.717, 1.165) is 16.6 Å². The quantitative estimate of drug-likeness (QED) is 0.756. The normalized spacial score (nSPS) is 11.8. The smallest absolute Gasteiger partial charge is 0.282 e. The summed E-state index contributed by atoms with van der Waals surface area (Å²) in [5.41, 5.74) is 0.0370. The molecule has 0 radical (unpaired) electrons. The van der Waals surface area contributed by atoms with Gasteiger partial charge in [-0.05, 0) is 6.92 Å². The van der Waals surface area contributed by atoms with Gasteiger partial charge in [-0.15, -0.1) is 5.10 Å². The molecule has 2 heterocycles. The zero-order valence-corrected chi connectivity index (χ0v) is 9.43. The van der Waals surface area contributed by atoms with Gasteiger partial charge in [0.25, 0.3) is 5.78 Å². The highest BCUT2D eigenvalue weighted by Gasteiger charge is 2.41. The molecule has 9 heteroatoms. The first-order valence-corrected chi connectivity index (χ1v) is 4.84. The first kappa shape index (κ1) is 12.3. The largest absolute Gasteiger partial charge is 0.456 e. The minimum absolute atomic E-state index is 0.295. The molecule has 0 unspecified atom stereocenters. The van der Waals surface area contributed by atoms with Crippen LogP contribution in [0.3, 0.4) is 0 Å². The molecule has 6 nitrogen and oxygen atoms in total. The van der Waals surface area contributed by atoms with Crippen molar-refractivity contribution >= 4 is 5.78 Å². The van der Waals surface area contributed by atoms with Crippen LogP contribution in [-0.4, -0.2) is 36.7 Å². The Morgan fingerprint density at radius 1 is 1.39 bits per heavy atom. The lowest BCUT2D eigenvalue weighted by Gasteiger charge is -1.99. The molecule has 0 saturated carbocycles. The van der Waals surface area contributed by atoms with Crippen molar-refractivity contribution < 1.29 is 18.0 Å². The molecule has 2 aromatic rings. The molecule has 0 amide bonds. The van der Waals surface area contributed by atoms with Gasteiger partial charge < -0.3 is 0 Å². The van der Waals surface area contributed by atoms with E-state index in [1.807, 2.05) is 0 Å². The van der Waals surface area contributed by atoms with Gasteiger partial charge in [0.2, 0.25) is 0 Å². The number of rotatable bonds is 2. The number of hydrogen-bond acceptors (Lipinski definition) is 4. The summed E-state index contributed by atoms with van der Waals surface area (Å²) in [6.07, 6.45) is -4.06. The van der Waals surface area contributed by atoms with E-state index in [4.69, 9.17) is 0 Å². The van der Waals surface area contributed by atoms with Gasteiger partial charge >= 0.3 is 6.18 Å². The summed E-state index contributed by atoms with van der Waals surface area (Å²) in [4.78, 5) is 10.9. The number of aromatic nitrogens is 5. The zero-order chi connectivity index (χ0) is 13.5. The molecule has 0 aliphatic carbocycles. The Morgan fingerprint density at radius 3 is 2.56 bits per heavy atom. The summed E-state index contributed by atoms with van der Waals surface area (Å²) in [5, 5.41) is 10.6. The Bertz CT molecular complexity index is 578. The van der Waals surface area contributed by atoms with Crippen molar-refractivity contribution in [2.24, 2.45) is 7.05 Å². The minimum atomic E-state index is -4.96. The maximum absolute atomic E-state index is 12.2. The van der Waals surface area contributed by atoms with Crippen molar-refractivity contribution in [1.29, 1.82) is 0 Å². The van der Waals surface area contributed by atoms with E-state index in [-0.39, 0.29) is 0 Å². The first-order chi connectivity index (χ1) is 8.29. The van der Waals surface area contributed by atoms with Crippen LogP contribution in [0.5, 0.6) is 0 Å². The summed E-state index contributed by atoms with van der Waals surface area (Å²) >= 11 is 0. The van der Waals surface area contributed by atoms with Crippen LogP contribution < -0.4 is 0 Å². The Hall–Kier alpha value is -2.19. The molecule has 0 fully saturated rings. The second-order valence-electron chi connectivity index (χ2n) is 3.64. The fourth-order valence-electron chi connectivity index (χ4n) is 1.28. The summed E-state index contributed by atoms with van der Waals surface area (Å²) < 4.78 is 39.1. The highest BCUT2D eigenvalue weighted by atomic mass is 19.4. The molecular weight excluding hydrogens is 251 g/mol. The topological polar surface area (TPSA) is 65.6 Å². The molecule has 0 bridgehead atoms. The third-order valence-electron chi connectivity index (χ3n) is 2.32. The highest BCUT2D eigenvalue weighted by Crippen LogP contribution is 2.20. The Morgan fingerprint density at radius 2 is 2.06 bits per heavy atom. The molecule has 18 heavy (non-hydrogen) atoms. The van der Waals surface area contributed by atoms with Gasteiger partial charge in [-0.3, -0.25) is 9.48 Å². The molecule has 0 atom stereocenters. The Kier molecular flexibility index (Phi) is 2.68. The number of alkyl halides is 3. The number of ketones is 1. The van der Waals surface area contributed by atoms with E-state index in [1.165, 1.54) is 4.68 Å². The van der Waals surface area contributed by atoms with Gasteiger partial charge in [-0.2, -0.15) is 23.0 Å². The second kappa shape index (κ2) is 3.93. The van der Waals surface area contributed by atoms with Crippen molar-refractivity contribution in [2.45, 2.75) is 13.1 Å². The summed E-state index contributed by atoms with van der Waals surface area (Å²) in [7, 11) is 1.68. The Balaban J connectivity index is 2.34. The van der Waals surface area contributed by atoms with Crippen molar-refractivity contribution in [3.63, 3.8) is 0 Å². The molecule has 0 spiro atoms. The predicted octanol–water partition coefficient (Wildman–Crippen LogP) is 1.05. The van der Waals surface area contributed by atoms with Gasteiger partial charge in [0, 0.05) is 18.8 Å². The van der Waals surface area contributed by atoms with E-state index in [9.17, 15) is 18.0 Å². The second-order valence-corrected chi connectivity index (χ2v) is 3.64. The van der Waals surface area contributed by atoms with Crippen molar-refractivity contribution in [2.75, 3.05) is 0 Å². The maximum Gasteiger partial charge on any atom is 0.456 e. The van der Waals surface area contributed by atoms with E-state index in [0.29, 0.717) is 5.82 Å². The fourth-order valence-corrected chi connectivity index (χ4v) is 1.28. The fraction of sp³-hybridized carbons (Fsp3) is 0.333. The van der Waals surface area contributed by atoms with Crippen molar-refractivity contribution in [3.05, 3.63) is 23.7 Å². The summed E-state index contributed by atoms with van der Waals surface area (Å²) in [6, 6.07) is 1.61. The Labute approximate surface area is 99.0 Å². The van der Waals surface area contributed by atoms with Gasteiger partial charge in [0.1, 0.15) is 0 Å². The van der Waals surface area contributed by atoms with E-state index < -0.39 is 17.7 Å². The number of hydrogen-bond donors (Lipinski definition) is 0. The molecule has 0 saturated heterocycles. The van der Waals surface area contributed by atoms with Crippen LogP contribution in [-0.2, 0) is 7.05 Å². The van der Waals surface area contributed by atoms with Crippen LogP contribution in [0, 0.1) is 6.92 Å². The number of nitrogens with zero attached hydrogens (tertiary/aromatic N) is 5. The van der Waals surface area contributed by atoms with E-state index in [2.05, 4.69) is 15.4 Å². The van der Waals surface area contributed by atoms with Gasteiger partial charge in [-0.1, -0.05) is 5.21 Å². The third-order valence-corrected chi connectivity index (χ3v) is 2.32. The lowest BCUT2D eigenvalue weighted by atomic mass is 10.3. The lowest BCUT2D eigenvalue weighted by Crippen LogP contribution is -2.23. The average Bonchev–Trinajstić information content (AvgIpc) is 2.84. The van der Waals surface area contributed by atoms with Gasteiger partial charge in [0.15, 0.2) is 11.5 Å². The average molecular weight is 259 g/mol. The lowest BCUT2D eigenvalue weighted by molar-refractivity contribution is -0.0888.